The number of aromatic amines is 1. The molecule has 0 bridgehead atoms. The molecule has 3 aromatic heterocycles. The minimum Gasteiger partial charge on any atom is -0.366 e. The number of nitrogens with one attached hydrogen (secondary N) is 2. The van der Waals surface area contributed by atoms with Gasteiger partial charge < -0.3 is 15.2 Å². The Kier molecular flexibility index (Phi) is 4.95. The minimum atomic E-state index is -0.168. The van der Waals surface area contributed by atoms with Crippen LogP contribution in [0.15, 0.2) is 42.9 Å². The van der Waals surface area contributed by atoms with Crippen molar-refractivity contribution in [2.24, 2.45) is 0 Å². The lowest BCUT2D eigenvalue weighted by Gasteiger charge is -2.27. The summed E-state index contributed by atoms with van der Waals surface area (Å²) in [4.78, 5) is 23.4. The molecule has 134 valence electrons. The lowest BCUT2D eigenvalue weighted by Crippen LogP contribution is -2.30. The second-order valence-corrected chi connectivity index (χ2v) is 8.01. The maximum absolute atomic E-state index is 12.7. The molecule has 0 saturated carbocycles. The van der Waals surface area contributed by atoms with E-state index in [-0.39, 0.29) is 5.91 Å². The van der Waals surface area contributed by atoms with Crippen LogP contribution in [0.2, 0.25) is 4.34 Å². The molecule has 0 spiro atoms. The Hall–Kier alpha value is -2.31. The van der Waals surface area contributed by atoms with E-state index in [1.807, 2.05) is 30.5 Å². The molecule has 7 heteroatoms. The number of hydrogen-bond donors (Lipinski definition) is 2. The van der Waals surface area contributed by atoms with Gasteiger partial charge in [0.05, 0.1) is 21.8 Å². The molecule has 0 aliphatic carbocycles. The summed E-state index contributed by atoms with van der Waals surface area (Å²) in [6, 6.07) is 7.63. The van der Waals surface area contributed by atoms with E-state index in [1.54, 1.807) is 12.4 Å². The predicted octanol–water partition coefficient (Wildman–Crippen LogP) is 5.03. The number of carbonyl (C=O) groups is 1. The number of halogens is 1. The molecule has 4 heterocycles. The average Bonchev–Trinajstić information content (AvgIpc) is 3.32. The van der Waals surface area contributed by atoms with E-state index in [0.717, 1.165) is 29.3 Å². The lowest BCUT2D eigenvalue weighted by atomic mass is 10.1. The summed E-state index contributed by atoms with van der Waals surface area (Å²) in [5.41, 5.74) is 2.12. The SMILES string of the molecule is O=C(Nc1ccc(N2CCCCC2)nc1)c1c[nH]cc1-c1ccc(Cl)s1. The van der Waals surface area contributed by atoms with Gasteiger partial charge in [0.1, 0.15) is 5.82 Å². The van der Waals surface area contributed by atoms with E-state index in [1.165, 1.54) is 30.6 Å². The van der Waals surface area contributed by atoms with Crippen molar-refractivity contribution >= 4 is 40.4 Å². The van der Waals surface area contributed by atoms with Crippen LogP contribution in [0.5, 0.6) is 0 Å². The van der Waals surface area contributed by atoms with Gasteiger partial charge in [0, 0.05) is 35.9 Å². The van der Waals surface area contributed by atoms with E-state index < -0.39 is 0 Å². The Bertz CT molecular complexity index is 896. The Balaban J connectivity index is 1.48. The van der Waals surface area contributed by atoms with E-state index in [9.17, 15) is 4.79 Å². The lowest BCUT2D eigenvalue weighted by molar-refractivity contribution is 0.102. The monoisotopic (exact) mass is 386 g/mol. The van der Waals surface area contributed by atoms with E-state index >= 15 is 0 Å². The zero-order chi connectivity index (χ0) is 17.9. The Labute approximate surface area is 161 Å². The number of anilines is 2. The summed E-state index contributed by atoms with van der Waals surface area (Å²) in [5, 5.41) is 2.92. The average molecular weight is 387 g/mol. The Morgan fingerprint density at radius 3 is 2.69 bits per heavy atom. The summed E-state index contributed by atoms with van der Waals surface area (Å²) in [7, 11) is 0. The molecule has 1 amide bonds. The van der Waals surface area contributed by atoms with E-state index in [4.69, 9.17) is 11.6 Å². The quantitative estimate of drug-likeness (QED) is 0.660. The van der Waals surface area contributed by atoms with Crippen molar-refractivity contribution in [2.45, 2.75) is 19.3 Å². The summed E-state index contributed by atoms with van der Waals surface area (Å²) in [6.45, 7) is 2.10. The number of hydrogen-bond acceptors (Lipinski definition) is 4. The zero-order valence-corrected chi connectivity index (χ0v) is 15.7. The van der Waals surface area contributed by atoms with Gasteiger partial charge in [-0.3, -0.25) is 4.79 Å². The van der Waals surface area contributed by atoms with Crippen molar-refractivity contribution in [3.05, 3.63) is 52.8 Å². The number of piperidine rings is 1. The zero-order valence-electron chi connectivity index (χ0n) is 14.2. The van der Waals surface area contributed by atoms with Crippen LogP contribution < -0.4 is 10.2 Å². The van der Waals surface area contributed by atoms with Gasteiger partial charge in [-0.2, -0.15) is 0 Å². The first-order valence-electron chi connectivity index (χ1n) is 8.65. The molecular weight excluding hydrogens is 368 g/mol. The van der Waals surface area contributed by atoms with Crippen LogP contribution in [0.3, 0.4) is 0 Å². The van der Waals surface area contributed by atoms with Gasteiger partial charge in [-0.1, -0.05) is 11.6 Å². The molecule has 1 aliphatic rings. The topological polar surface area (TPSA) is 61.0 Å². The number of aromatic nitrogens is 2. The second-order valence-electron chi connectivity index (χ2n) is 6.29. The van der Waals surface area contributed by atoms with Gasteiger partial charge in [-0.05, 0) is 43.5 Å². The molecule has 0 atom stereocenters. The highest BCUT2D eigenvalue weighted by atomic mass is 35.5. The summed E-state index contributed by atoms with van der Waals surface area (Å²) >= 11 is 7.46. The predicted molar refractivity (Wildman–Crippen MR) is 107 cm³/mol. The largest absolute Gasteiger partial charge is 0.366 e. The van der Waals surface area contributed by atoms with Crippen LogP contribution in [-0.4, -0.2) is 29.0 Å². The first-order chi connectivity index (χ1) is 12.7. The van der Waals surface area contributed by atoms with Crippen molar-refractivity contribution in [3.8, 4) is 10.4 Å². The highest BCUT2D eigenvalue weighted by Crippen LogP contribution is 2.33. The highest BCUT2D eigenvalue weighted by Gasteiger charge is 2.16. The maximum atomic E-state index is 12.7. The van der Waals surface area contributed by atoms with Crippen molar-refractivity contribution in [3.63, 3.8) is 0 Å². The number of pyridine rings is 1. The molecule has 26 heavy (non-hydrogen) atoms. The molecule has 0 aromatic carbocycles. The molecule has 5 nitrogen and oxygen atoms in total. The van der Waals surface area contributed by atoms with Gasteiger partial charge in [-0.25, -0.2) is 4.98 Å². The van der Waals surface area contributed by atoms with E-state index in [0.29, 0.717) is 15.6 Å². The minimum absolute atomic E-state index is 0.168. The summed E-state index contributed by atoms with van der Waals surface area (Å²) < 4.78 is 0.699. The van der Waals surface area contributed by atoms with Crippen LogP contribution >= 0.6 is 22.9 Å². The molecule has 1 fully saturated rings. The van der Waals surface area contributed by atoms with Gasteiger partial charge in [0.2, 0.25) is 0 Å². The molecule has 1 saturated heterocycles. The van der Waals surface area contributed by atoms with Crippen LogP contribution in [0, 0.1) is 0 Å². The highest BCUT2D eigenvalue weighted by molar-refractivity contribution is 7.19. The molecule has 3 aromatic rings. The standard InChI is InChI=1S/C19H19ClN4OS/c20-17-6-5-16(26-17)14-11-21-12-15(14)19(25)23-13-4-7-18(22-10-13)24-8-2-1-3-9-24/h4-7,10-12,21H,1-3,8-9H2,(H,23,25). The smallest absolute Gasteiger partial charge is 0.257 e. The first-order valence-corrected chi connectivity index (χ1v) is 9.85. The van der Waals surface area contributed by atoms with Crippen molar-refractivity contribution < 1.29 is 4.79 Å². The van der Waals surface area contributed by atoms with Crippen LogP contribution in [0.1, 0.15) is 29.6 Å². The maximum Gasteiger partial charge on any atom is 0.257 e. The fourth-order valence-electron chi connectivity index (χ4n) is 3.18. The number of nitrogens with zero attached hydrogens (tertiary/aromatic N) is 2. The Morgan fingerprint density at radius 2 is 2.00 bits per heavy atom. The van der Waals surface area contributed by atoms with E-state index in [2.05, 4.69) is 20.2 Å². The normalized spacial score (nSPS) is 14.4. The van der Waals surface area contributed by atoms with Gasteiger partial charge in [-0.15, -0.1) is 11.3 Å². The third kappa shape index (κ3) is 3.61. The molecule has 2 N–H and O–H groups in total. The number of thiophene rings is 1. The fourth-order valence-corrected chi connectivity index (χ4v) is 4.26. The molecule has 4 rings (SSSR count). The Morgan fingerprint density at radius 1 is 1.15 bits per heavy atom. The second kappa shape index (κ2) is 7.51. The molecule has 0 radical (unpaired) electrons. The van der Waals surface area contributed by atoms with Crippen molar-refractivity contribution in [2.75, 3.05) is 23.3 Å². The molecular formula is C19H19ClN4OS. The first kappa shape index (κ1) is 17.1. The summed E-state index contributed by atoms with van der Waals surface area (Å²) in [5.74, 6) is 0.802. The summed E-state index contributed by atoms with van der Waals surface area (Å²) in [6.07, 6.45) is 8.95. The third-order valence-electron chi connectivity index (χ3n) is 4.51. The third-order valence-corrected chi connectivity index (χ3v) is 5.78. The van der Waals surface area contributed by atoms with Gasteiger partial charge >= 0.3 is 0 Å². The van der Waals surface area contributed by atoms with Crippen LogP contribution in [-0.2, 0) is 0 Å². The number of rotatable bonds is 4. The number of carbonyl (C=O) groups excluding carboxylic acids is 1. The number of amides is 1. The van der Waals surface area contributed by atoms with Crippen LogP contribution in [0.25, 0.3) is 10.4 Å². The van der Waals surface area contributed by atoms with Gasteiger partial charge in [0.25, 0.3) is 5.91 Å². The van der Waals surface area contributed by atoms with Crippen molar-refractivity contribution in [1.82, 2.24) is 9.97 Å². The van der Waals surface area contributed by atoms with Gasteiger partial charge in [0.15, 0.2) is 0 Å². The van der Waals surface area contributed by atoms with Crippen LogP contribution in [0.4, 0.5) is 11.5 Å². The molecule has 1 aliphatic heterocycles. The molecule has 0 unspecified atom stereocenters. The fraction of sp³-hybridized carbons (Fsp3) is 0.263. The number of H-pyrrole nitrogens is 1. The van der Waals surface area contributed by atoms with Crippen molar-refractivity contribution in [1.29, 1.82) is 0 Å².